The average Bonchev–Trinajstić information content (AvgIpc) is 2.37. The standard InChI is InChI=1S/C12H16N2O3/c1-8(12(16)17-3)14-11(15)9-4-6-10(13-2)7-5-9/h4-8,13H,1-3H3,(H,14,15). The molecule has 0 spiro atoms. The Morgan fingerprint density at radius 1 is 1.24 bits per heavy atom. The number of nitrogens with one attached hydrogen (secondary N) is 2. The second-order valence-electron chi connectivity index (χ2n) is 3.55. The minimum absolute atomic E-state index is 0.300. The summed E-state index contributed by atoms with van der Waals surface area (Å²) >= 11 is 0. The van der Waals surface area contributed by atoms with Gasteiger partial charge >= 0.3 is 5.97 Å². The molecule has 1 amide bonds. The zero-order chi connectivity index (χ0) is 12.8. The molecule has 0 bridgehead atoms. The Morgan fingerprint density at radius 3 is 2.29 bits per heavy atom. The van der Waals surface area contributed by atoms with Crippen molar-refractivity contribution >= 4 is 17.6 Å². The number of rotatable bonds is 4. The number of carbonyl (C=O) groups excluding carboxylic acids is 2. The number of amides is 1. The number of carbonyl (C=O) groups is 2. The van der Waals surface area contributed by atoms with Crippen LogP contribution in [0.5, 0.6) is 0 Å². The molecule has 1 aromatic rings. The number of ether oxygens (including phenoxy) is 1. The highest BCUT2D eigenvalue weighted by atomic mass is 16.5. The number of hydrogen-bond donors (Lipinski definition) is 2. The highest BCUT2D eigenvalue weighted by molar-refractivity contribution is 5.96. The van der Waals surface area contributed by atoms with Crippen LogP contribution in [-0.2, 0) is 9.53 Å². The van der Waals surface area contributed by atoms with E-state index in [9.17, 15) is 9.59 Å². The van der Waals surface area contributed by atoms with Crippen molar-refractivity contribution in [2.75, 3.05) is 19.5 Å². The minimum Gasteiger partial charge on any atom is -0.467 e. The largest absolute Gasteiger partial charge is 0.467 e. The second-order valence-corrected chi connectivity index (χ2v) is 3.55. The van der Waals surface area contributed by atoms with E-state index in [-0.39, 0.29) is 5.91 Å². The van der Waals surface area contributed by atoms with Crippen molar-refractivity contribution in [3.63, 3.8) is 0 Å². The molecule has 5 heteroatoms. The van der Waals surface area contributed by atoms with Crippen LogP contribution in [0.3, 0.4) is 0 Å². The molecule has 2 N–H and O–H groups in total. The Kier molecular flexibility index (Phi) is 4.51. The van der Waals surface area contributed by atoms with E-state index in [1.165, 1.54) is 7.11 Å². The molecule has 0 heterocycles. The molecule has 0 fully saturated rings. The van der Waals surface area contributed by atoms with E-state index in [1.807, 2.05) is 0 Å². The fourth-order valence-corrected chi connectivity index (χ4v) is 1.30. The lowest BCUT2D eigenvalue weighted by Gasteiger charge is -2.11. The van der Waals surface area contributed by atoms with Crippen molar-refractivity contribution in [1.29, 1.82) is 0 Å². The van der Waals surface area contributed by atoms with Gasteiger partial charge in [-0.3, -0.25) is 4.79 Å². The molecule has 17 heavy (non-hydrogen) atoms. The van der Waals surface area contributed by atoms with Crippen LogP contribution in [0.2, 0.25) is 0 Å². The van der Waals surface area contributed by atoms with Gasteiger partial charge in [-0.05, 0) is 31.2 Å². The third-order valence-corrected chi connectivity index (χ3v) is 2.34. The van der Waals surface area contributed by atoms with Crippen molar-refractivity contribution in [3.8, 4) is 0 Å². The normalized spacial score (nSPS) is 11.5. The van der Waals surface area contributed by atoms with E-state index in [2.05, 4.69) is 15.4 Å². The molecule has 0 saturated carbocycles. The molecule has 0 aliphatic carbocycles. The van der Waals surface area contributed by atoms with E-state index in [0.717, 1.165) is 5.69 Å². The third kappa shape index (κ3) is 3.48. The first kappa shape index (κ1) is 13.0. The summed E-state index contributed by atoms with van der Waals surface area (Å²) in [6, 6.07) is 6.29. The van der Waals surface area contributed by atoms with Crippen LogP contribution >= 0.6 is 0 Å². The Labute approximate surface area is 100 Å². The number of esters is 1. The van der Waals surface area contributed by atoms with Gasteiger partial charge in [0.25, 0.3) is 5.91 Å². The van der Waals surface area contributed by atoms with E-state index < -0.39 is 12.0 Å². The molecule has 0 aromatic heterocycles. The van der Waals surface area contributed by atoms with Crippen molar-refractivity contribution in [2.45, 2.75) is 13.0 Å². The van der Waals surface area contributed by atoms with Crippen molar-refractivity contribution in [1.82, 2.24) is 5.32 Å². The van der Waals surface area contributed by atoms with E-state index >= 15 is 0 Å². The first-order valence-electron chi connectivity index (χ1n) is 5.25. The predicted molar refractivity (Wildman–Crippen MR) is 64.9 cm³/mol. The maximum atomic E-state index is 11.7. The Morgan fingerprint density at radius 2 is 1.82 bits per heavy atom. The van der Waals surface area contributed by atoms with Crippen LogP contribution in [-0.4, -0.2) is 32.1 Å². The monoisotopic (exact) mass is 236 g/mol. The Bertz CT molecular complexity index is 401. The van der Waals surface area contributed by atoms with Gasteiger partial charge in [0.2, 0.25) is 0 Å². The Balaban J connectivity index is 2.66. The molecule has 1 aromatic carbocycles. The minimum atomic E-state index is -0.656. The van der Waals surface area contributed by atoms with E-state index in [4.69, 9.17) is 0 Å². The van der Waals surface area contributed by atoms with Gasteiger partial charge in [-0.1, -0.05) is 0 Å². The summed E-state index contributed by atoms with van der Waals surface area (Å²) in [5, 5.41) is 5.51. The molecule has 1 atom stereocenters. The van der Waals surface area contributed by atoms with Crippen LogP contribution in [0.4, 0.5) is 5.69 Å². The highest BCUT2D eigenvalue weighted by Crippen LogP contribution is 2.08. The van der Waals surface area contributed by atoms with Crippen LogP contribution in [0, 0.1) is 0 Å². The van der Waals surface area contributed by atoms with Crippen molar-refractivity contribution < 1.29 is 14.3 Å². The number of methoxy groups -OCH3 is 1. The van der Waals surface area contributed by atoms with Gasteiger partial charge in [0, 0.05) is 18.3 Å². The number of hydrogen-bond acceptors (Lipinski definition) is 4. The van der Waals surface area contributed by atoms with Gasteiger partial charge in [0.1, 0.15) is 6.04 Å². The average molecular weight is 236 g/mol. The number of anilines is 1. The second kappa shape index (κ2) is 5.89. The third-order valence-electron chi connectivity index (χ3n) is 2.34. The number of benzene rings is 1. The molecular weight excluding hydrogens is 220 g/mol. The Hall–Kier alpha value is -2.04. The SMILES string of the molecule is CNc1ccc(C(=O)NC(C)C(=O)OC)cc1. The lowest BCUT2D eigenvalue weighted by Crippen LogP contribution is -2.39. The van der Waals surface area contributed by atoms with Gasteiger partial charge < -0.3 is 15.4 Å². The molecule has 92 valence electrons. The summed E-state index contributed by atoms with van der Waals surface area (Å²) in [5.74, 6) is -0.768. The zero-order valence-corrected chi connectivity index (χ0v) is 10.1. The molecule has 0 aliphatic heterocycles. The lowest BCUT2D eigenvalue weighted by molar-refractivity contribution is -0.142. The van der Waals surface area contributed by atoms with Gasteiger partial charge in [0.15, 0.2) is 0 Å². The molecule has 5 nitrogen and oxygen atoms in total. The summed E-state index contributed by atoms with van der Waals surface area (Å²) in [7, 11) is 3.08. The molecule has 1 unspecified atom stereocenters. The van der Waals surface area contributed by atoms with E-state index in [1.54, 1.807) is 38.2 Å². The van der Waals surface area contributed by atoms with Crippen LogP contribution < -0.4 is 10.6 Å². The summed E-state index contributed by atoms with van der Waals surface area (Å²) < 4.78 is 4.52. The van der Waals surface area contributed by atoms with Crippen LogP contribution in [0.15, 0.2) is 24.3 Å². The molecule has 0 aliphatic rings. The fraction of sp³-hybridized carbons (Fsp3) is 0.333. The van der Waals surface area contributed by atoms with Crippen molar-refractivity contribution in [3.05, 3.63) is 29.8 Å². The summed E-state index contributed by atoms with van der Waals surface area (Å²) in [4.78, 5) is 22.9. The zero-order valence-electron chi connectivity index (χ0n) is 10.1. The van der Waals surface area contributed by atoms with Gasteiger partial charge in [-0.15, -0.1) is 0 Å². The summed E-state index contributed by atoms with van der Waals surface area (Å²) in [6.45, 7) is 1.58. The first-order valence-corrected chi connectivity index (χ1v) is 5.25. The summed E-state index contributed by atoms with van der Waals surface area (Å²) in [6.07, 6.45) is 0. The van der Waals surface area contributed by atoms with Crippen LogP contribution in [0.1, 0.15) is 17.3 Å². The molecule has 0 radical (unpaired) electrons. The first-order chi connectivity index (χ1) is 8.08. The highest BCUT2D eigenvalue weighted by Gasteiger charge is 2.16. The maximum Gasteiger partial charge on any atom is 0.328 e. The smallest absolute Gasteiger partial charge is 0.328 e. The molecular formula is C12H16N2O3. The predicted octanol–water partition coefficient (Wildman–Crippen LogP) is 1.02. The van der Waals surface area contributed by atoms with Gasteiger partial charge in [-0.2, -0.15) is 0 Å². The quantitative estimate of drug-likeness (QED) is 0.766. The van der Waals surface area contributed by atoms with Gasteiger partial charge in [-0.25, -0.2) is 4.79 Å². The molecule has 0 saturated heterocycles. The van der Waals surface area contributed by atoms with Crippen LogP contribution in [0.25, 0.3) is 0 Å². The topological polar surface area (TPSA) is 67.4 Å². The fourth-order valence-electron chi connectivity index (χ4n) is 1.30. The van der Waals surface area contributed by atoms with Gasteiger partial charge in [0.05, 0.1) is 7.11 Å². The maximum absolute atomic E-state index is 11.7. The molecule has 1 rings (SSSR count). The summed E-state index contributed by atoms with van der Waals surface area (Å²) in [5.41, 5.74) is 1.42. The van der Waals surface area contributed by atoms with E-state index in [0.29, 0.717) is 5.56 Å². The van der Waals surface area contributed by atoms with Crippen molar-refractivity contribution in [2.24, 2.45) is 0 Å². The lowest BCUT2D eigenvalue weighted by atomic mass is 10.2.